The lowest BCUT2D eigenvalue weighted by Gasteiger charge is -2.07. The predicted molar refractivity (Wildman–Crippen MR) is 74.1 cm³/mol. The van der Waals surface area contributed by atoms with Crippen molar-refractivity contribution in [3.63, 3.8) is 0 Å². The van der Waals surface area contributed by atoms with Crippen LogP contribution in [0.3, 0.4) is 0 Å². The Bertz CT molecular complexity index is 540. The second kappa shape index (κ2) is 5.74. The molecule has 3 nitrogen and oxygen atoms in total. The zero-order valence-electron chi connectivity index (χ0n) is 10.2. The summed E-state index contributed by atoms with van der Waals surface area (Å²) in [4.78, 5) is 4.25. The molecule has 0 bridgehead atoms. The summed E-state index contributed by atoms with van der Waals surface area (Å²) in [6.45, 7) is 4.89. The van der Waals surface area contributed by atoms with Crippen LogP contribution in [0.15, 0.2) is 28.8 Å². The van der Waals surface area contributed by atoms with E-state index in [0.29, 0.717) is 21.7 Å². The van der Waals surface area contributed by atoms with E-state index in [9.17, 15) is 0 Å². The molecule has 0 amide bonds. The van der Waals surface area contributed by atoms with E-state index in [1.54, 1.807) is 24.4 Å². The molecule has 0 saturated carbocycles. The number of aromatic nitrogens is 1. The average Bonchev–Trinajstić information content (AvgIpc) is 2.82. The van der Waals surface area contributed by atoms with Gasteiger partial charge in [-0.25, -0.2) is 4.98 Å². The number of nitrogens with one attached hydrogen (secondary N) is 1. The van der Waals surface area contributed by atoms with Crippen LogP contribution in [0.1, 0.15) is 25.8 Å². The highest BCUT2D eigenvalue weighted by molar-refractivity contribution is 6.35. The molecule has 1 aromatic heterocycles. The molecule has 5 heteroatoms. The van der Waals surface area contributed by atoms with E-state index in [2.05, 4.69) is 10.3 Å². The summed E-state index contributed by atoms with van der Waals surface area (Å²) in [5.74, 6) is 1.27. The summed E-state index contributed by atoms with van der Waals surface area (Å²) >= 11 is 12.1. The largest absolute Gasteiger partial charge is 0.439 e. The molecule has 1 N–H and O–H groups in total. The fraction of sp³-hybridized carbons (Fsp3) is 0.308. The Labute approximate surface area is 116 Å². The van der Waals surface area contributed by atoms with Crippen molar-refractivity contribution < 1.29 is 4.42 Å². The molecule has 0 radical (unpaired) electrons. The van der Waals surface area contributed by atoms with Gasteiger partial charge in [-0.15, -0.1) is 0 Å². The third-order valence-corrected chi connectivity index (χ3v) is 3.16. The summed E-state index contributed by atoms with van der Waals surface area (Å²) < 4.78 is 5.70. The quantitative estimate of drug-likeness (QED) is 0.909. The number of rotatable bonds is 4. The van der Waals surface area contributed by atoms with Gasteiger partial charge in [0.25, 0.3) is 0 Å². The fourth-order valence-electron chi connectivity index (χ4n) is 1.69. The second-order valence-electron chi connectivity index (χ2n) is 3.97. The molecular weight excluding hydrogens is 271 g/mol. The van der Waals surface area contributed by atoms with Gasteiger partial charge >= 0.3 is 0 Å². The molecule has 0 aliphatic carbocycles. The maximum atomic E-state index is 6.12. The molecule has 2 rings (SSSR count). The number of halogens is 2. The van der Waals surface area contributed by atoms with Gasteiger partial charge in [-0.3, -0.25) is 0 Å². The van der Waals surface area contributed by atoms with E-state index in [0.717, 1.165) is 12.1 Å². The first-order valence-electron chi connectivity index (χ1n) is 5.76. The van der Waals surface area contributed by atoms with Gasteiger partial charge in [-0.1, -0.05) is 30.1 Å². The van der Waals surface area contributed by atoms with Gasteiger partial charge in [0.05, 0.1) is 17.3 Å². The summed E-state index contributed by atoms with van der Waals surface area (Å²) in [5, 5.41) is 4.45. The summed E-state index contributed by atoms with van der Waals surface area (Å²) in [6.07, 6.45) is 1.67. The minimum Gasteiger partial charge on any atom is -0.439 e. The molecule has 0 aliphatic rings. The van der Waals surface area contributed by atoms with Gasteiger partial charge in [0.2, 0.25) is 5.89 Å². The lowest BCUT2D eigenvalue weighted by molar-refractivity contribution is 0.429. The maximum Gasteiger partial charge on any atom is 0.211 e. The Morgan fingerprint density at radius 1 is 1.39 bits per heavy atom. The minimum absolute atomic E-state index is 0.0710. The van der Waals surface area contributed by atoms with E-state index in [1.807, 2.05) is 13.8 Å². The highest BCUT2D eigenvalue weighted by Crippen LogP contribution is 2.31. The predicted octanol–water partition coefficient (Wildman–Crippen LogP) is 4.32. The molecule has 96 valence electrons. The molecule has 1 heterocycles. The third kappa shape index (κ3) is 2.86. The Hall–Kier alpha value is -1.03. The van der Waals surface area contributed by atoms with Crippen LogP contribution >= 0.6 is 23.2 Å². The van der Waals surface area contributed by atoms with Crippen LogP contribution in [0.25, 0.3) is 11.3 Å². The topological polar surface area (TPSA) is 38.1 Å². The summed E-state index contributed by atoms with van der Waals surface area (Å²) in [5.41, 5.74) is 0.756. The minimum atomic E-state index is 0.0710. The van der Waals surface area contributed by atoms with Crippen LogP contribution in [0.5, 0.6) is 0 Å². The van der Waals surface area contributed by atoms with E-state index in [4.69, 9.17) is 27.6 Å². The van der Waals surface area contributed by atoms with Crippen LogP contribution in [-0.4, -0.2) is 11.5 Å². The molecule has 0 fully saturated rings. The van der Waals surface area contributed by atoms with Crippen LogP contribution in [0.2, 0.25) is 10.0 Å². The first-order chi connectivity index (χ1) is 8.61. The number of oxazole rings is 1. The van der Waals surface area contributed by atoms with E-state index in [-0.39, 0.29) is 6.04 Å². The van der Waals surface area contributed by atoms with Crippen molar-refractivity contribution in [1.29, 1.82) is 0 Å². The van der Waals surface area contributed by atoms with Gasteiger partial charge < -0.3 is 9.73 Å². The Morgan fingerprint density at radius 3 is 2.89 bits per heavy atom. The molecule has 2 aromatic rings. The Balaban J connectivity index is 2.32. The molecule has 0 aliphatic heterocycles. The number of hydrogen-bond donors (Lipinski definition) is 1. The van der Waals surface area contributed by atoms with Crippen LogP contribution in [0, 0.1) is 0 Å². The molecule has 0 saturated heterocycles. The lowest BCUT2D eigenvalue weighted by Crippen LogP contribution is -2.17. The first-order valence-corrected chi connectivity index (χ1v) is 6.52. The molecule has 1 atom stereocenters. The zero-order chi connectivity index (χ0) is 13.1. The Kier molecular flexibility index (Phi) is 4.27. The highest BCUT2D eigenvalue weighted by atomic mass is 35.5. The number of benzene rings is 1. The monoisotopic (exact) mass is 284 g/mol. The van der Waals surface area contributed by atoms with E-state index < -0.39 is 0 Å². The molecule has 1 aromatic carbocycles. The Morgan fingerprint density at radius 2 is 2.17 bits per heavy atom. The molecule has 0 spiro atoms. The summed E-state index contributed by atoms with van der Waals surface area (Å²) in [6, 6.07) is 5.33. The number of hydrogen-bond acceptors (Lipinski definition) is 3. The molecule has 18 heavy (non-hydrogen) atoms. The number of nitrogens with zero attached hydrogens (tertiary/aromatic N) is 1. The standard InChI is InChI=1S/C13H14Cl2N2O/c1-3-16-8(2)13-17-7-12(18-13)10-6-9(14)4-5-11(10)15/h4-8,16H,3H2,1-2H3. The van der Waals surface area contributed by atoms with Crippen LogP contribution in [-0.2, 0) is 0 Å². The van der Waals surface area contributed by atoms with E-state index in [1.165, 1.54) is 0 Å². The average molecular weight is 285 g/mol. The smallest absolute Gasteiger partial charge is 0.211 e. The van der Waals surface area contributed by atoms with Crippen molar-refractivity contribution in [2.45, 2.75) is 19.9 Å². The third-order valence-electron chi connectivity index (χ3n) is 2.60. The van der Waals surface area contributed by atoms with Gasteiger partial charge in [-0.05, 0) is 31.7 Å². The first kappa shape index (κ1) is 13.4. The molecule has 1 unspecified atom stereocenters. The van der Waals surface area contributed by atoms with Gasteiger partial charge in [0.1, 0.15) is 0 Å². The van der Waals surface area contributed by atoms with Crippen molar-refractivity contribution in [2.75, 3.05) is 6.54 Å². The van der Waals surface area contributed by atoms with Crippen LogP contribution < -0.4 is 5.32 Å². The van der Waals surface area contributed by atoms with Crippen LogP contribution in [0.4, 0.5) is 0 Å². The normalized spacial score (nSPS) is 12.7. The van der Waals surface area contributed by atoms with Crippen molar-refractivity contribution in [2.24, 2.45) is 0 Å². The van der Waals surface area contributed by atoms with Gasteiger partial charge in [0.15, 0.2) is 5.76 Å². The zero-order valence-corrected chi connectivity index (χ0v) is 11.7. The van der Waals surface area contributed by atoms with Crippen molar-refractivity contribution >= 4 is 23.2 Å². The summed E-state index contributed by atoms with van der Waals surface area (Å²) in [7, 11) is 0. The second-order valence-corrected chi connectivity index (χ2v) is 4.81. The van der Waals surface area contributed by atoms with Gasteiger partial charge in [0, 0.05) is 10.6 Å². The van der Waals surface area contributed by atoms with Crippen molar-refractivity contribution in [3.8, 4) is 11.3 Å². The highest BCUT2D eigenvalue weighted by Gasteiger charge is 2.14. The van der Waals surface area contributed by atoms with Crippen molar-refractivity contribution in [1.82, 2.24) is 10.3 Å². The SMILES string of the molecule is CCNC(C)c1ncc(-c2cc(Cl)ccc2Cl)o1. The van der Waals surface area contributed by atoms with Gasteiger partial charge in [-0.2, -0.15) is 0 Å². The van der Waals surface area contributed by atoms with E-state index >= 15 is 0 Å². The maximum absolute atomic E-state index is 6.12. The molecular formula is C13H14Cl2N2O. The lowest BCUT2D eigenvalue weighted by atomic mass is 10.2. The fourth-order valence-corrected chi connectivity index (χ4v) is 2.07. The van der Waals surface area contributed by atoms with Crippen molar-refractivity contribution in [3.05, 3.63) is 40.3 Å².